The Morgan fingerprint density at radius 1 is 1.43 bits per heavy atom. The number of piperidine rings is 1. The molecule has 1 aromatic rings. The molecule has 0 aromatic heterocycles. The number of hydrogen-bond donors (Lipinski definition) is 1. The lowest BCUT2D eigenvalue weighted by molar-refractivity contribution is -0.176. The van der Waals surface area contributed by atoms with Crippen LogP contribution in [-0.4, -0.2) is 25.3 Å². The monoisotopic (exact) mass is 364 g/mol. The largest absolute Gasteiger partial charge is 0.393 e. The van der Waals surface area contributed by atoms with Crippen molar-refractivity contribution in [2.24, 2.45) is 11.7 Å². The van der Waals surface area contributed by atoms with Gasteiger partial charge in [0.1, 0.15) is 0 Å². The van der Waals surface area contributed by atoms with E-state index >= 15 is 0 Å². The van der Waals surface area contributed by atoms with E-state index in [0.717, 1.165) is 15.7 Å². The zero-order valence-electron chi connectivity index (χ0n) is 12.0. The average molecular weight is 365 g/mol. The van der Waals surface area contributed by atoms with Crippen molar-refractivity contribution < 1.29 is 13.2 Å². The highest BCUT2D eigenvalue weighted by molar-refractivity contribution is 9.10. The Kier molecular flexibility index (Phi) is 5.20. The molecule has 2 N–H and O–H groups in total. The van der Waals surface area contributed by atoms with E-state index in [2.05, 4.69) is 15.9 Å². The summed E-state index contributed by atoms with van der Waals surface area (Å²) in [5, 5.41) is 0. The smallest absolute Gasteiger partial charge is 0.371 e. The van der Waals surface area contributed by atoms with Crippen LogP contribution < -0.4 is 10.6 Å². The van der Waals surface area contributed by atoms with E-state index in [-0.39, 0.29) is 19.0 Å². The van der Waals surface area contributed by atoms with Gasteiger partial charge in [-0.1, -0.05) is 22.0 Å². The molecule has 2 atom stereocenters. The lowest BCUT2D eigenvalue weighted by Crippen LogP contribution is -2.42. The molecule has 1 saturated heterocycles. The molecule has 0 saturated carbocycles. The van der Waals surface area contributed by atoms with Gasteiger partial charge in [0.2, 0.25) is 0 Å². The number of nitrogens with zero attached hydrogens (tertiary/aromatic N) is 1. The predicted molar refractivity (Wildman–Crippen MR) is 82.5 cm³/mol. The van der Waals surface area contributed by atoms with Crippen LogP contribution in [0, 0.1) is 5.92 Å². The number of alkyl halides is 3. The molecule has 0 bridgehead atoms. The molecule has 2 rings (SSSR count). The van der Waals surface area contributed by atoms with Crippen LogP contribution in [0.3, 0.4) is 0 Å². The summed E-state index contributed by atoms with van der Waals surface area (Å²) in [6, 6.07) is 5.73. The van der Waals surface area contributed by atoms with Gasteiger partial charge in [0.25, 0.3) is 0 Å². The van der Waals surface area contributed by atoms with Crippen LogP contribution in [0.1, 0.15) is 25.3 Å². The van der Waals surface area contributed by atoms with Gasteiger partial charge in [-0.2, -0.15) is 13.2 Å². The molecule has 6 heteroatoms. The van der Waals surface area contributed by atoms with E-state index in [1.54, 1.807) is 0 Å². The Hall–Kier alpha value is -0.750. The molecule has 2 nitrogen and oxygen atoms in total. The fourth-order valence-corrected chi connectivity index (χ4v) is 3.16. The number of hydrogen-bond acceptors (Lipinski definition) is 2. The maximum absolute atomic E-state index is 13.0. The maximum Gasteiger partial charge on any atom is 0.393 e. The Morgan fingerprint density at radius 3 is 2.76 bits per heavy atom. The molecular formula is C15H20BrF3N2. The summed E-state index contributed by atoms with van der Waals surface area (Å²) in [5.74, 6) is -1.24. The first-order valence-electron chi connectivity index (χ1n) is 7.13. The minimum atomic E-state index is -4.12. The molecule has 1 aliphatic rings. The average Bonchev–Trinajstić information content (AvgIpc) is 2.39. The number of anilines is 1. The number of rotatable bonds is 3. The second-order valence-corrected chi connectivity index (χ2v) is 6.70. The molecule has 2 unspecified atom stereocenters. The van der Waals surface area contributed by atoms with E-state index in [9.17, 15) is 13.2 Å². The summed E-state index contributed by atoms with van der Waals surface area (Å²) in [6.45, 7) is 2.60. The highest BCUT2D eigenvalue weighted by Crippen LogP contribution is 2.36. The Bertz CT molecular complexity index is 488. The van der Waals surface area contributed by atoms with Crippen molar-refractivity contribution in [2.45, 2.75) is 38.4 Å². The fraction of sp³-hybridized carbons (Fsp3) is 0.600. The highest BCUT2D eigenvalue weighted by atomic mass is 79.9. The summed E-state index contributed by atoms with van der Waals surface area (Å²) in [5.41, 5.74) is 7.73. The molecular weight excluding hydrogens is 345 g/mol. The molecule has 1 aromatic carbocycles. The number of benzene rings is 1. The minimum absolute atomic E-state index is 0.0203. The maximum atomic E-state index is 13.0. The van der Waals surface area contributed by atoms with Gasteiger partial charge in [-0.15, -0.1) is 0 Å². The SMILES string of the molecule is CC(N)Cc1ccc(Br)cc1N1CCCC(C(F)(F)F)C1. The molecule has 1 heterocycles. The van der Waals surface area contributed by atoms with Gasteiger partial charge in [0, 0.05) is 29.3 Å². The van der Waals surface area contributed by atoms with Gasteiger partial charge in [-0.05, 0) is 43.9 Å². The van der Waals surface area contributed by atoms with Crippen LogP contribution in [-0.2, 0) is 6.42 Å². The standard InChI is InChI=1S/C15H20BrF3N2/c1-10(20)7-11-4-5-13(16)8-14(11)21-6-2-3-12(9-21)15(17,18)19/h4-5,8,10,12H,2-3,6-7,9,20H2,1H3. The summed E-state index contributed by atoms with van der Waals surface area (Å²) in [4.78, 5) is 1.85. The molecule has 118 valence electrons. The number of nitrogens with two attached hydrogens (primary N) is 1. The van der Waals surface area contributed by atoms with E-state index < -0.39 is 12.1 Å². The van der Waals surface area contributed by atoms with E-state index in [1.807, 2.05) is 30.0 Å². The van der Waals surface area contributed by atoms with Gasteiger partial charge in [0.05, 0.1) is 5.92 Å². The van der Waals surface area contributed by atoms with Crippen molar-refractivity contribution in [3.8, 4) is 0 Å². The lowest BCUT2D eigenvalue weighted by atomic mass is 9.95. The van der Waals surface area contributed by atoms with E-state index in [4.69, 9.17) is 5.73 Å². The zero-order valence-corrected chi connectivity index (χ0v) is 13.5. The second kappa shape index (κ2) is 6.57. The van der Waals surface area contributed by atoms with Crippen molar-refractivity contribution in [1.29, 1.82) is 0 Å². The van der Waals surface area contributed by atoms with Crippen LogP contribution in [0.4, 0.5) is 18.9 Å². The van der Waals surface area contributed by atoms with E-state index in [1.165, 1.54) is 0 Å². The molecule has 1 aliphatic heterocycles. The molecule has 21 heavy (non-hydrogen) atoms. The molecule has 0 spiro atoms. The third kappa shape index (κ3) is 4.36. The topological polar surface area (TPSA) is 29.3 Å². The zero-order chi connectivity index (χ0) is 15.6. The second-order valence-electron chi connectivity index (χ2n) is 5.78. The fourth-order valence-electron chi connectivity index (χ4n) is 2.81. The van der Waals surface area contributed by atoms with Crippen molar-refractivity contribution in [2.75, 3.05) is 18.0 Å². The molecule has 1 fully saturated rings. The van der Waals surface area contributed by atoms with Crippen LogP contribution >= 0.6 is 15.9 Å². The molecule has 0 amide bonds. The normalized spacial score (nSPS) is 21.4. The van der Waals surface area contributed by atoms with Crippen LogP contribution in [0.15, 0.2) is 22.7 Å². The summed E-state index contributed by atoms with van der Waals surface area (Å²) < 4.78 is 39.8. The van der Waals surface area contributed by atoms with E-state index in [0.29, 0.717) is 19.4 Å². The summed E-state index contributed by atoms with van der Waals surface area (Å²) in [7, 11) is 0. The first-order chi connectivity index (χ1) is 9.77. The summed E-state index contributed by atoms with van der Waals surface area (Å²) in [6.07, 6.45) is -2.67. The Labute approximate surface area is 131 Å². The minimum Gasteiger partial charge on any atom is -0.371 e. The first kappa shape index (κ1) is 16.6. The number of halogens is 4. The Morgan fingerprint density at radius 2 is 2.14 bits per heavy atom. The van der Waals surface area contributed by atoms with Gasteiger partial charge >= 0.3 is 6.18 Å². The predicted octanol–water partition coefficient (Wildman–Crippen LogP) is 4.12. The molecule has 0 aliphatic carbocycles. The van der Waals surface area contributed by atoms with Crippen LogP contribution in [0.5, 0.6) is 0 Å². The van der Waals surface area contributed by atoms with Gasteiger partial charge in [-0.3, -0.25) is 0 Å². The van der Waals surface area contributed by atoms with Crippen LogP contribution in [0.25, 0.3) is 0 Å². The highest BCUT2D eigenvalue weighted by Gasteiger charge is 2.42. The lowest BCUT2D eigenvalue weighted by Gasteiger charge is -2.36. The summed E-state index contributed by atoms with van der Waals surface area (Å²) >= 11 is 3.40. The third-order valence-electron chi connectivity index (χ3n) is 3.81. The molecule has 0 radical (unpaired) electrons. The van der Waals surface area contributed by atoms with Crippen molar-refractivity contribution in [3.63, 3.8) is 0 Å². The van der Waals surface area contributed by atoms with Crippen molar-refractivity contribution >= 4 is 21.6 Å². The quantitative estimate of drug-likeness (QED) is 0.873. The van der Waals surface area contributed by atoms with Crippen LogP contribution in [0.2, 0.25) is 0 Å². The van der Waals surface area contributed by atoms with Crippen molar-refractivity contribution in [1.82, 2.24) is 0 Å². The third-order valence-corrected chi connectivity index (χ3v) is 4.31. The Balaban J connectivity index is 2.25. The van der Waals surface area contributed by atoms with Gasteiger partial charge in [0.15, 0.2) is 0 Å². The first-order valence-corrected chi connectivity index (χ1v) is 7.92. The van der Waals surface area contributed by atoms with Gasteiger partial charge < -0.3 is 10.6 Å². The van der Waals surface area contributed by atoms with Crippen molar-refractivity contribution in [3.05, 3.63) is 28.2 Å². The van der Waals surface area contributed by atoms with Gasteiger partial charge in [-0.25, -0.2) is 0 Å².